The molecule has 1 aromatic carbocycles. The van der Waals surface area contributed by atoms with Gasteiger partial charge in [0, 0.05) is 16.3 Å². The molecule has 3 N–H and O–H groups in total. The standard InChI is InChI=1S/C15H20N2OS/c1-4-18-14-7-5-6-13(15(14)16)17-9-12-8-10(2)11(3)19-12/h5-8,17H,4,9,16H2,1-3H3. The molecule has 0 bridgehead atoms. The first kappa shape index (κ1) is 13.7. The summed E-state index contributed by atoms with van der Waals surface area (Å²) in [4.78, 5) is 2.68. The zero-order valence-corrected chi connectivity index (χ0v) is 12.4. The molecule has 0 spiro atoms. The highest BCUT2D eigenvalue weighted by molar-refractivity contribution is 7.12. The predicted molar refractivity (Wildman–Crippen MR) is 83.1 cm³/mol. The van der Waals surface area contributed by atoms with Crippen molar-refractivity contribution in [3.63, 3.8) is 0 Å². The average molecular weight is 276 g/mol. The minimum Gasteiger partial charge on any atom is -0.492 e. The highest BCUT2D eigenvalue weighted by Crippen LogP contribution is 2.30. The maximum Gasteiger partial charge on any atom is 0.144 e. The van der Waals surface area contributed by atoms with Crippen LogP contribution in [0.3, 0.4) is 0 Å². The van der Waals surface area contributed by atoms with Crippen LogP contribution in [0.2, 0.25) is 0 Å². The van der Waals surface area contributed by atoms with E-state index in [2.05, 4.69) is 25.2 Å². The van der Waals surface area contributed by atoms with Gasteiger partial charge >= 0.3 is 0 Å². The Kier molecular flexibility index (Phi) is 4.32. The lowest BCUT2D eigenvalue weighted by Crippen LogP contribution is -2.03. The summed E-state index contributed by atoms with van der Waals surface area (Å²) in [6.45, 7) is 7.65. The number of nitrogen functional groups attached to an aromatic ring is 1. The Hall–Kier alpha value is -1.68. The second-order valence-corrected chi connectivity index (χ2v) is 5.80. The molecule has 4 heteroatoms. The van der Waals surface area contributed by atoms with Crippen molar-refractivity contribution >= 4 is 22.7 Å². The largest absolute Gasteiger partial charge is 0.492 e. The molecule has 0 atom stereocenters. The Morgan fingerprint density at radius 2 is 2.11 bits per heavy atom. The van der Waals surface area contributed by atoms with Gasteiger partial charge in [0.15, 0.2) is 0 Å². The molecular formula is C15H20N2OS. The van der Waals surface area contributed by atoms with E-state index in [0.717, 1.165) is 18.0 Å². The van der Waals surface area contributed by atoms with Gasteiger partial charge in [-0.3, -0.25) is 0 Å². The van der Waals surface area contributed by atoms with Crippen LogP contribution in [-0.2, 0) is 6.54 Å². The van der Waals surface area contributed by atoms with E-state index in [-0.39, 0.29) is 0 Å². The molecule has 1 aromatic heterocycles. The first-order chi connectivity index (χ1) is 9.11. The number of ether oxygens (including phenoxy) is 1. The number of hydrogen-bond acceptors (Lipinski definition) is 4. The summed E-state index contributed by atoms with van der Waals surface area (Å²) in [5, 5.41) is 3.37. The SMILES string of the molecule is CCOc1cccc(NCc2cc(C)c(C)s2)c1N. The molecule has 0 amide bonds. The first-order valence-corrected chi connectivity index (χ1v) is 7.24. The van der Waals surface area contributed by atoms with Gasteiger partial charge < -0.3 is 15.8 Å². The molecule has 0 fully saturated rings. The highest BCUT2D eigenvalue weighted by atomic mass is 32.1. The number of rotatable bonds is 5. The number of thiophene rings is 1. The molecular weight excluding hydrogens is 256 g/mol. The topological polar surface area (TPSA) is 47.3 Å². The third-order valence-corrected chi connectivity index (χ3v) is 4.19. The van der Waals surface area contributed by atoms with Crippen molar-refractivity contribution in [3.8, 4) is 5.75 Å². The van der Waals surface area contributed by atoms with Gasteiger partial charge in [-0.25, -0.2) is 0 Å². The molecule has 0 aliphatic heterocycles. The molecule has 2 aromatic rings. The van der Waals surface area contributed by atoms with Crippen molar-refractivity contribution in [1.82, 2.24) is 0 Å². The predicted octanol–water partition coefficient (Wildman–Crippen LogP) is 3.96. The zero-order chi connectivity index (χ0) is 13.8. The number of anilines is 2. The molecule has 0 radical (unpaired) electrons. The minimum atomic E-state index is 0.622. The summed E-state index contributed by atoms with van der Waals surface area (Å²) in [7, 11) is 0. The molecule has 0 saturated carbocycles. The highest BCUT2D eigenvalue weighted by Gasteiger charge is 2.06. The van der Waals surface area contributed by atoms with Crippen molar-refractivity contribution in [2.24, 2.45) is 0 Å². The van der Waals surface area contributed by atoms with Gasteiger partial charge in [-0.15, -0.1) is 11.3 Å². The fraction of sp³-hybridized carbons (Fsp3) is 0.333. The van der Waals surface area contributed by atoms with Crippen molar-refractivity contribution < 1.29 is 4.74 Å². The summed E-state index contributed by atoms with van der Waals surface area (Å²) in [6.07, 6.45) is 0. The molecule has 0 aliphatic carbocycles. The Morgan fingerprint density at radius 1 is 1.32 bits per heavy atom. The van der Waals surface area contributed by atoms with Crippen LogP contribution in [0, 0.1) is 13.8 Å². The van der Waals surface area contributed by atoms with Crippen LogP contribution in [-0.4, -0.2) is 6.61 Å². The summed E-state index contributed by atoms with van der Waals surface area (Å²) in [5.41, 5.74) is 9.03. The van der Waals surface area contributed by atoms with Crippen molar-refractivity contribution in [3.05, 3.63) is 39.6 Å². The minimum absolute atomic E-state index is 0.622. The summed E-state index contributed by atoms with van der Waals surface area (Å²) >= 11 is 1.82. The maximum absolute atomic E-state index is 6.08. The molecule has 0 aliphatic rings. The van der Waals surface area contributed by atoms with Gasteiger partial charge in [-0.05, 0) is 44.5 Å². The second kappa shape index (κ2) is 5.97. The number of hydrogen-bond donors (Lipinski definition) is 2. The summed E-state index contributed by atoms with van der Waals surface area (Å²) in [5.74, 6) is 0.742. The zero-order valence-electron chi connectivity index (χ0n) is 11.6. The molecule has 102 valence electrons. The maximum atomic E-state index is 6.08. The molecule has 3 nitrogen and oxygen atoms in total. The number of nitrogens with one attached hydrogen (secondary N) is 1. The van der Waals surface area contributed by atoms with Crippen molar-refractivity contribution in [2.45, 2.75) is 27.3 Å². The Balaban J connectivity index is 2.09. The van der Waals surface area contributed by atoms with Gasteiger partial charge in [0.1, 0.15) is 5.75 Å². The van der Waals surface area contributed by atoms with Gasteiger partial charge in [0.2, 0.25) is 0 Å². The van der Waals surface area contributed by atoms with Crippen LogP contribution < -0.4 is 15.8 Å². The fourth-order valence-corrected chi connectivity index (χ4v) is 2.89. The number of para-hydroxylation sites is 1. The Bertz CT molecular complexity index is 544. The van der Waals surface area contributed by atoms with Gasteiger partial charge in [0.05, 0.1) is 18.0 Å². The third kappa shape index (κ3) is 3.20. The normalized spacial score (nSPS) is 10.5. The lowest BCUT2D eigenvalue weighted by atomic mass is 10.2. The van der Waals surface area contributed by atoms with E-state index in [1.807, 2.05) is 36.5 Å². The molecule has 2 rings (SSSR count). The van der Waals surface area contributed by atoms with E-state index in [1.165, 1.54) is 15.3 Å². The lowest BCUT2D eigenvalue weighted by Gasteiger charge is -2.12. The molecule has 19 heavy (non-hydrogen) atoms. The quantitative estimate of drug-likeness (QED) is 0.813. The Labute approximate surface area is 118 Å². The third-order valence-electron chi connectivity index (χ3n) is 3.04. The van der Waals surface area contributed by atoms with Gasteiger partial charge in [-0.2, -0.15) is 0 Å². The van der Waals surface area contributed by atoms with E-state index in [9.17, 15) is 0 Å². The van der Waals surface area contributed by atoms with E-state index in [1.54, 1.807) is 0 Å². The van der Waals surface area contributed by atoms with Crippen LogP contribution in [0.5, 0.6) is 5.75 Å². The van der Waals surface area contributed by atoms with Gasteiger partial charge in [-0.1, -0.05) is 6.07 Å². The molecule has 1 heterocycles. The second-order valence-electron chi connectivity index (χ2n) is 4.46. The average Bonchev–Trinajstić information content (AvgIpc) is 2.70. The van der Waals surface area contributed by atoms with Crippen LogP contribution >= 0.6 is 11.3 Å². The van der Waals surface area contributed by atoms with E-state index < -0.39 is 0 Å². The lowest BCUT2D eigenvalue weighted by molar-refractivity contribution is 0.342. The summed E-state index contributed by atoms with van der Waals surface area (Å²) in [6, 6.07) is 8.04. The Morgan fingerprint density at radius 3 is 2.74 bits per heavy atom. The van der Waals surface area contributed by atoms with E-state index >= 15 is 0 Å². The fourth-order valence-electron chi connectivity index (χ4n) is 1.90. The monoisotopic (exact) mass is 276 g/mol. The van der Waals surface area contributed by atoms with Gasteiger partial charge in [0.25, 0.3) is 0 Å². The molecule has 0 saturated heterocycles. The number of nitrogens with two attached hydrogens (primary N) is 1. The van der Waals surface area contributed by atoms with E-state index in [0.29, 0.717) is 12.3 Å². The van der Waals surface area contributed by atoms with Crippen LogP contribution in [0.4, 0.5) is 11.4 Å². The summed E-state index contributed by atoms with van der Waals surface area (Å²) < 4.78 is 5.49. The smallest absolute Gasteiger partial charge is 0.144 e. The molecule has 0 unspecified atom stereocenters. The number of benzene rings is 1. The van der Waals surface area contributed by atoms with Crippen molar-refractivity contribution in [2.75, 3.05) is 17.7 Å². The van der Waals surface area contributed by atoms with Crippen LogP contribution in [0.15, 0.2) is 24.3 Å². The van der Waals surface area contributed by atoms with Crippen LogP contribution in [0.1, 0.15) is 22.2 Å². The van der Waals surface area contributed by atoms with Crippen molar-refractivity contribution in [1.29, 1.82) is 0 Å². The van der Waals surface area contributed by atoms with Crippen LogP contribution in [0.25, 0.3) is 0 Å². The number of aryl methyl sites for hydroxylation is 2. The first-order valence-electron chi connectivity index (χ1n) is 6.43. The van der Waals surface area contributed by atoms with E-state index in [4.69, 9.17) is 10.5 Å².